The normalized spacial score (nSPS) is 30.5. The zero-order valence-corrected chi connectivity index (χ0v) is 13.1. The van der Waals surface area contributed by atoms with Crippen LogP contribution >= 0.6 is 0 Å². The Labute approximate surface area is 127 Å². The fraction of sp³-hybridized carbons (Fsp3) is 0.812. The molecule has 0 aliphatic carbocycles. The summed E-state index contributed by atoms with van der Waals surface area (Å²) in [4.78, 5) is 4.81. The number of piperidine rings is 2. The first-order valence-corrected chi connectivity index (χ1v) is 8.30. The molecule has 21 heavy (non-hydrogen) atoms. The first-order valence-electron chi connectivity index (χ1n) is 8.30. The molecule has 5 nitrogen and oxygen atoms in total. The molecular formula is C16H28N4O. The lowest BCUT2D eigenvalue weighted by molar-refractivity contribution is -0.106. The average molecular weight is 292 g/mol. The molecule has 0 bridgehead atoms. The van der Waals surface area contributed by atoms with Crippen LogP contribution in [-0.4, -0.2) is 70.0 Å². The molecule has 5 heteroatoms. The van der Waals surface area contributed by atoms with E-state index >= 15 is 0 Å². The number of rotatable bonds is 5. The van der Waals surface area contributed by atoms with Crippen molar-refractivity contribution in [1.29, 1.82) is 0 Å². The number of hydrogen-bond donors (Lipinski definition) is 2. The molecule has 1 aromatic rings. The van der Waals surface area contributed by atoms with E-state index in [0.717, 1.165) is 38.8 Å². The van der Waals surface area contributed by atoms with Gasteiger partial charge in [-0.25, -0.2) is 0 Å². The molecular weight excluding hydrogens is 264 g/mol. The van der Waals surface area contributed by atoms with E-state index in [-0.39, 0.29) is 0 Å². The van der Waals surface area contributed by atoms with Crippen LogP contribution in [0.4, 0.5) is 0 Å². The Morgan fingerprint density at radius 3 is 3.10 bits per heavy atom. The number of nitrogens with one attached hydrogen (secondary N) is 1. The molecule has 1 aromatic heterocycles. The van der Waals surface area contributed by atoms with Crippen LogP contribution in [0.2, 0.25) is 0 Å². The second kappa shape index (κ2) is 6.46. The summed E-state index contributed by atoms with van der Waals surface area (Å²) in [6, 6.07) is 0.372. The summed E-state index contributed by atoms with van der Waals surface area (Å²) < 4.78 is 0. The fourth-order valence-electron chi connectivity index (χ4n) is 4.09. The van der Waals surface area contributed by atoms with E-state index < -0.39 is 5.60 Å². The maximum absolute atomic E-state index is 11.2. The molecule has 2 fully saturated rings. The van der Waals surface area contributed by atoms with Crippen LogP contribution in [-0.2, 0) is 6.42 Å². The molecule has 2 aliphatic heterocycles. The summed E-state index contributed by atoms with van der Waals surface area (Å²) in [5, 5.41) is 18.0. The summed E-state index contributed by atoms with van der Waals surface area (Å²) in [5.41, 5.74) is 0.709. The third-order valence-corrected chi connectivity index (χ3v) is 5.17. The molecule has 0 unspecified atom stereocenters. The zero-order valence-electron chi connectivity index (χ0n) is 13.1. The van der Waals surface area contributed by atoms with Gasteiger partial charge in [-0.3, -0.25) is 10.00 Å². The van der Waals surface area contributed by atoms with Gasteiger partial charge in [0.2, 0.25) is 0 Å². The van der Waals surface area contributed by atoms with Gasteiger partial charge >= 0.3 is 0 Å². The first kappa shape index (κ1) is 15.0. The first-order chi connectivity index (χ1) is 10.2. The average Bonchev–Trinajstić information content (AvgIpc) is 2.99. The molecule has 0 aromatic carbocycles. The molecule has 0 saturated carbocycles. The summed E-state index contributed by atoms with van der Waals surface area (Å²) in [7, 11) is 2.12. The van der Waals surface area contributed by atoms with Crippen LogP contribution < -0.4 is 0 Å². The van der Waals surface area contributed by atoms with Gasteiger partial charge in [0, 0.05) is 25.3 Å². The quantitative estimate of drug-likeness (QED) is 0.858. The molecule has 3 heterocycles. The second-order valence-corrected chi connectivity index (χ2v) is 6.85. The number of aromatic nitrogens is 2. The van der Waals surface area contributed by atoms with E-state index in [1.165, 1.54) is 31.5 Å². The Hall–Kier alpha value is -0.910. The molecule has 0 radical (unpaired) electrons. The molecule has 2 atom stereocenters. The van der Waals surface area contributed by atoms with Gasteiger partial charge in [-0.15, -0.1) is 0 Å². The van der Waals surface area contributed by atoms with Crippen molar-refractivity contribution in [3.63, 3.8) is 0 Å². The van der Waals surface area contributed by atoms with Gasteiger partial charge in [0.05, 0.1) is 11.8 Å². The Balaban J connectivity index is 1.56. The smallest absolute Gasteiger partial charge is 0.0928 e. The Kier molecular flexibility index (Phi) is 4.62. The van der Waals surface area contributed by atoms with E-state index in [9.17, 15) is 5.11 Å². The van der Waals surface area contributed by atoms with Crippen molar-refractivity contribution in [3.8, 4) is 0 Å². The highest BCUT2D eigenvalue weighted by Gasteiger charge is 2.44. The molecule has 2 saturated heterocycles. The van der Waals surface area contributed by atoms with Crippen molar-refractivity contribution >= 4 is 0 Å². The van der Waals surface area contributed by atoms with E-state index in [1.54, 1.807) is 0 Å². The number of aliphatic hydroxyl groups is 1. The molecule has 0 amide bonds. The standard InChI is InChI=1S/C16H28N4O/c1-19(10-6-14-11-17-18-12-14)13-16(21)7-4-9-20-8-3-2-5-15(16)20/h11-12,15,21H,2-10,13H2,1H3,(H,17,18)/t15-,16-/m1/s1. The molecule has 2 aliphatic rings. The van der Waals surface area contributed by atoms with Crippen LogP contribution in [0.25, 0.3) is 0 Å². The number of hydrogen-bond acceptors (Lipinski definition) is 4. The van der Waals surface area contributed by atoms with Crippen LogP contribution in [0.3, 0.4) is 0 Å². The van der Waals surface area contributed by atoms with Crippen LogP contribution in [0, 0.1) is 0 Å². The Bertz CT molecular complexity index is 433. The highest BCUT2D eigenvalue weighted by Crippen LogP contribution is 2.34. The van der Waals surface area contributed by atoms with E-state index in [2.05, 4.69) is 27.0 Å². The maximum Gasteiger partial charge on any atom is 0.0928 e. The second-order valence-electron chi connectivity index (χ2n) is 6.85. The fourth-order valence-corrected chi connectivity index (χ4v) is 4.09. The molecule has 0 spiro atoms. The molecule has 118 valence electrons. The Morgan fingerprint density at radius 1 is 1.43 bits per heavy atom. The van der Waals surface area contributed by atoms with Crippen molar-refractivity contribution in [1.82, 2.24) is 20.0 Å². The third-order valence-electron chi connectivity index (χ3n) is 5.17. The summed E-state index contributed by atoms with van der Waals surface area (Å²) >= 11 is 0. The Morgan fingerprint density at radius 2 is 2.29 bits per heavy atom. The predicted molar refractivity (Wildman–Crippen MR) is 83.2 cm³/mol. The van der Waals surface area contributed by atoms with Crippen LogP contribution in [0.15, 0.2) is 12.4 Å². The highest BCUT2D eigenvalue weighted by molar-refractivity contribution is 5.04. The lowest BCUT2D eigenvalue weighted by Crippen LogP contribution is -2.62. The van der Waals surface area contributed by atoms with Crippen LogP contribution in [0.5, 0.6) is 0 Å². The van der Waals surface area contributed by atoms with Gasteiger partial charge in [-0.1, -0.05) is 6.42 Å². The number of fused-ring (bicyclic) bond motifs is 1. The van der Waals surface area contributed by atoms with Crippen molar-refractivity contribution < 1.29 is 5.11 Å². The zero-order chi connectivity index (χ0) is 14.7. The van der Waals surface area contributed by atoms with Crippen molar-refractivity contribution in [2.45, 2.75) is 50.2 Å². The number of nitrogens with zero attached hydrogens (tertiary/aromatic N) is 3. The van der Waals surface area contributed by atoms with E-state index in [1.807, 2.05) is 12.4 Å². The summed E-state index contributed by atoms with van der Waals surface area (Å²) in [6.45, 7) is 4.10. The van der Waals surface area contributed by atoms with Gasteiger partial charge in [0.1, 0.15) is 0 Å². The van der Waals surface area contributed by atoms with E-state index in [4.69, 9.17) is 0 Å². The minimum atomic E-state index is -0.524. The third kappa shape index (κ3) is 3.47. The SMILES string of the molecule is CN(CCc1cn[nH]c1)C[C@]1(O)CCCN2CCCC[C@@H]21. The summed E-state index contributed by atoms with van der Waals surface area (Å²) in [5.74, 6) is 0. The minimum Gasteiger partial charge on any atom is -0.387 e. The minimum absolute atomic E-state index is 0.372. The lowest BCUT2D eigenvalue weighted by atomic mass is 9.79. The van der Waals surface area contributed by atoms with Gasteiger partial charge in [0.15, 0.2) is 0 Å². The molecule has 2 N–H and O–H groups in total. The number of aromatic amines is 1. The highest BCUT2D eigenvalue weighted by atomic mass is 16.3. The van der Waals surface area contributed by atoms with Crippen LogP contribution in [0.1, 0.15) is 37.7 Å². The van der Waals surface area contributed by atoms with Gasteiger partial charge in [0.25, 0.3) is 0 Å². The van der Waals surface area contributed by atoms with Gasteiger partial charge in [-0.2, -0.15) is 5.10 Å². The predicted octanol–water partition coefficient (Wildman–Crippen LogP) is 1.26. The van der Waals surface area contributed by atoms with Crippen molar-refractivity contribution in [2.75, 3.05) is 33.2 Å². The summed E-state index contributed by atoms with van der Waals surface area (Å²) in [6.07, 6.45) is 10.6. The molecule has 3 rings (SSSR count). The monoisotopic (exact) mass is 292 g/mol. The number of likely N-dealkylation sites (N-methyl/N-ethyl adjacent to an activating group) is 1. The lowest BCUT2D eigenvalue weighted by Gasteiger charge is -2.50. The largest absolute Gasteiger partial charge is 0.387 e. The van der Waals surface area contributed by atoms with E-state index in [0.29, 0.717) is 6.04 Å². The number of H-pyrrole nitrogens is 1. The topological polar surface area (TPSA) is 55.4 Å². The van der Waals surface area contributed by atoms with Gasteiger partial charge < -0.3 is 10.0 Å². The maximum atomic E-state index is 11.2. The van der Waals surface area contributed by atoms with Crippen molar-refractivity contribution in [3.05, 3.63) is 18.0 Å². The van der Waals surface area contributed by atoms with Gasteiger partial charge in [-0.05, 0) is 57.8 Å². The van der Waals surface area contributed by atoms with Crippen molar-refractivity contribution in [2.24, 2.45) is 0 Å².